The molecular weight excluding hydrogens is 250 g/mol. The monoisotopic (exact) mass is 271 g/mol. The van der Waals surface area contributed by atoms with Gasteiger partial charge in [-0.15, -0.1) is 0 Å². The van der Waals surface area contributed by atoms with Gasteiger partial charge in [-0.25, -0.2) is 0 Å². The molecule has 20 heavy (non-hydrogen) atoms. The average molecular weight is 271 g/mol. The highest BCUT2D eigenvalue weighted by molar-refractivity contribution is 5.43. The molecule has 2 aliphatic carbocycles. The van der Waals surface area contributed by atoms with Crippen molar-refractivity contribution in [1.82, 2.24) is 19.6 Å². The van der Waals surface area contributed by atoms with E-state index in [4.69, 9.17) is 0 Å². The lowest BCUT2D eigenvalue weighted by atomic mass is 9.93. The Bertz CT molecular complexity index is 608. The van der Waals surface area contributed by atoms with Gasteiger partial charge in [0.2, 0.25) is 0 Å². The van der Waals surface area contributed by atoms with Crippen molar-refractivity contribution < 1.29 is 0 Å². The molecule has 0 aliphatic heterocycles. The molecule has 106 valence electrons. The number of aromatic nitrogens is 4. The standard InChI is InChI=1S/C15H21N5/c1-19-15-4-2-3-14(13(15)8-16-19)18-12-7-17-20(10-12)9-11-5-6-11/h7-8,10-11,14,18H,2-6,9H2,1H3. The molecule has 0 bridgehead atoms. The summed E-state index contributed by atoms with van der Waals surface area (Å²) < 4.78 is 4.09. The molecule has 1 atom stereocenters. The van der Waals surface area contributed by atoms with Crippen LogP contribution in [0.25, 0.3) is 0 Å². The van der Waals surface area contributed by atoms with Gasteiger partial charge in [0.25, 0.3) is 0 Å². The molecule has 0 aromatic carbocycles. The molecule has 0 saturated heterocycles. The van der Waals surface area contributed by atoms with Gasteiger partial charge < -0.3 is 5.32 Å². The molecule has 5 nitrogen and oxygen atoms in total. The molecule has 4 rings (SSSR count). The van der Waals surface area contributed by atoms with Crippen LogP contribution in [0.2, 0.25) is 0 Å². The van der Waals surface area contributed by atoms with Crippen molar-refractivity contribution in [1.29, 1.82) is 0 Å². The van der Waals surface area contributed by atoms with E-state index in [0.717, 1.165) is 24.6 Å². The van der Waals surface area contributed by atoms with Crippen molar-refractivity contribution in [3.05, 3.63) is 29.8 Å². The van der Waals surface area contributed by atoms with Crippen LogP contribution in [0, 0.1) is 5.92 Å². The molecule has 0 radical (unpaired) electrons. The summed E-state index contributed by atoms with van der Waals surface area (Å²) in [5.41, 5.74) is 3.86. The van der Waals surface area contributed by atoms with Crippen LogP contribution in [-0.4, -0.2) is 19.6 Å². The minimum absolute atomic E-state index is 0.381. The van der Waals surface area contributed by atoms with Gasteiger partial charge in [-0.1, -0.05) is 0 Å². The third-order valence-electron chi connectivity index (χ3n) is 4.49. The van der Waals surface area contributed by atoms with E-state index >= 15 is 0 Å². The topological polar surface area (TPSA) is 47.7 Å². The average Bonchev–Trinajstić information content (AvgIpc) is 3.02. The molecule has 1 fully saturated rings. The second-order valence-electron chi connectivity index (χ2n) is 6.15. The Kier molecular flexibility index (Phi) is 2.79. The Morgan fingerprint density at radius 1 is 1.25 bits per heavy atom. The van der Waals surface area contributed by atoms with E-state index in [-0.39, 0.29) is 0 Å². The number of hydrogen-bond donors (Lipinski definition) is 1. The maximum Gasteiger partial charge on any atom is 0.0731 e. The second-order valence-corrected chi connectivity index (χ2v) is 6.15. The first kappa shape index (κ1) is 12.0. The summed E-state index contributed by atoms with van der Waals surface area (Å²) in [6, 6.07) is 0.381. The van der Waals surface area contributed by atoms with E-state index < -0.39 is 0 Å². The Balaban J connectivity index is 1.49. The van der Waals surface area contributed by atoms with Crippen LogP contribution in [0.15, 0.2) is 18.6 Å². The van der Waals surface area contributed by atoms with Gasteiger partial charge in [-0.05, 0) is 38.0 Å². The number of hydrogen-bond acceptors (Lipinski definition) is 3. The molecule has 0 spiro atoms. The number of fused-ring (bicyclic) bond motifs is 1. The largest absolute Gasteiger partial charge is 0.376 e. The summed E-state index contributed by atoms with van der Waals surface area (Å²) in [7, 11) is 2.04. The molecule has 2 aromatic rings. The van der Waals surface area contributed by atoms with Crippen LogP contribution in [0.1, 0.15) is 43.0 Å². The van der Waals surface area contributed by atoms with Crippen LogP contribution in [0.3, 0.4) is 0 Å². The van der Waals surface area contributed by atoms with Gasteiger partial charge in [0, 0.05) is 31.0 Å². The van der Waals surface area contributed by atoms with Gasteiger partial charge in [-0.3, -0.25) is 9.36 Å². The maximum absolute atomic E-state index is 4.46. The van der Waals surface area contributed by atoms with Crippen molar-refractivity contribution in [2.75, 3.05) is 5.32 Å². The molecule has 2 heterocycles. The molecule has 5 heteroatoms. The number of anilines is 1. The minimum Gasteiger partial charge on any atom is -0.376 e. The summed E-state index contributed by atoms with van der Waals surface area (Å²) >= 11 is 0. The highest BCUT2D eigenvalue weighted by Gasteiger charge is 2.24. The van der Waals surface area contributed by atoms with E-state index in [0.29, 0.717) is 6.04 Å². The molecule has 0 amide bonds. The van der Waals surface area contributed by atoms with E-state index in [9.17, 15) is 0 Å². The van der Waals surface area contributed by atoms with Gasteiger partial charge in [-0.2, -0.15) is 10.2 Å². The van der Waals surface area contributed by atoms with Gasteiger partial charge in [0.15, 0.2) is 0 Å². The molecule has 2 aliphatic rings. The Morgan fingerprint density at radius 2 is 2.15 bits per heavy atom. The number of aryl methyl sites for hydroxylation is 1. The zero-order chi connectivity index (χ0) is 13.5. The lowest BCUT2D eigenvalue weighted by Gasteiger charge is -2.23. The fourth-order valence-electron chi connectivity index (χ4n) is 3.16. The van der Waals surface area contributed by atoms with Crippen LogP contribution in [0.5, 0.6) is 0 Å². The molecular formula is C15H21N5. The third kappa shape index (κ3) is 2.21. The van der Waals surface area contributed by atoms with E-state index in [1.807, 2.05) is 24.1 Å². The fourth-order valence-corrected chi connectivity index (χ4v) is 3.16. The van der Waals surface area contributed by atoms with E-state index in [2.05, 4.69) is 26.4 Å². The third-order valence-corrected chi connectivity index (χ3v) is 4.49. The molecule has 1 unspecified atom stereocenters. The van der Waals surface area contributed by atoms with Crippen LogP contribution in [-0.2, 0) is 20.0 Å². The molecule has 2 aromatic heterocycles. The second kappa shape index (κ2) is 4.65. The van der Waals surface area contributed by atoms with Crippen LogP contribution in [0.4, 0.5) is 5.69 Å². The van der Waals surface area contributed by atoms with E-state index in [1.54, 1.807) is 0 Å². The SMILES string of the molecule is Cn1ncc2c1CCCC2Nc1cnn(CC2CC2)c1. The van der Waals surface area contributed by atoms with Crippen LogP contribution < -0.4 is 5.32 Å². The van der Waals surface area contributed by atoms with Crippen molar-refractivity contribution >= 4 is 5.69 Å². The van der Waals surface area contributed by atoms with Crippen LogP contribution >= 0.6 is 0 Å². The summed E-state index contributed by atoms with van der Waals surface area (Å²) in [4.78, 5) is 0. The predicted molar refractivity (Wildman–Crippen MR) is 77.5 cm³/mol. The summed E-state index contributed by atoms with van der Waals surface area (Å²) in [5.74, 6) is 0.863. The minimum atomic E-state index is 0.381. The summed E-state index contributed by atoms with van der Waals surface area (Å²) in [6.45, 7) is 1.07. The summed E-state index contributed by atoms with van der Waals surface area (Å²) in [6.07, 6.45) is 12.4. The number of rotatable bonds is 4. The van der Waals surface area contributed by atoms with Crippen molar-refractivity contribution in [3.8, 4) is 0 Å². The quantitative estimate of drug-likeness (QED) is 0.929. The van der Waals surface area contributed by atoms with Crippen molar-refractivity contribution in [2.24, 2.45) is 13.0 Å². The first-order chi connectivity index (χ1) is 9.79. The Labute approximate surface area is 119 Å². The Morgan fingerprint density at radius 3 is 3.00 bits per heavy atom. The maximum atomic E-state index is 4.46. The fraction of sp³-hybridized carbons (Fsp3) is 0.600. The number of nitrogens with zero attached hydrogens (tertiary/aromatic N) is 4. The highest BCUT2D eigenvalue weighted by Crippen LogP contribution is 2.33. The number of nitrogens with one attached hydrogen (secondary N) is 1. The Hall–Kier alpha value is -1.78. The van der Waals surface area contributed by atoms with Crippen molar-refractivity contribution in [2.45, 2.75) is 44.7 Å². The van der Waals surface area contributed by atoms with Gasteiger partial charge in [0.1, 0.15) is 0 Å². The van der Waals surface area contributed by atoms with Gasteiger partial charge >= 0.3 is 0 Å². The molecule has 1 N–H and O–H groups in total. The zero-order valence-corrected chi connectivity index (χ0v) is 11.9. The van der Waals surface area contributed by atoms with E-state index in [1.165, 1.54) is 36.9 Å². The lowest BCUT2D eigenvalue weighted by molar-refractivity contribution is 0.562. The zero-order valence-electron chi connectivity index (χ0n) is 11.9. The molecule has 1 saturated carbocycles. The first-order valence-corrected chi connectivity index (χ1v) is 7.59. The summed E-state index contributed by atoms with van der Waals surface area (Å²) in [5, 5.41) is 12.5. The first-order valence-electron chi connectivity index (χ1n) is 7.59. The smallest absolute Gasteiger partial charge is 0.0731 e. The highest BCUT2D eigenvalue weighted by atomic mass is 15.3. The van der Waals surface area contributed by atoms with Crippen molar-refractivity contribution in [3.63, 3.8) is 0 Å². The van der Waals surface area contributed by atoms with Gasteiger partial charge in [0.05, 0.1) is 24.1 Å². The predicted octanol–water partition coefficient (Wildman–Crippen LogP) is 2.52. The normalized spacial score (nSPS) is 21.8. The lowest BCUT2D eigenvalue weighted by Crippen LogP contribution is -2.17.